The first-order valence-corrected chi connectivity index (χ1v) is 5.12. The van der Waals surface area contributed by atoms with Crippen molar-refractivity contribution < 1.29 is 0 Å². The zero-order chi connectivity index (χ0) is 8.23. The molecule has 0 aliphatic carbocycles. The highest BCUT2D eigenvalue weighted by atomic mass is 32.2. The Balaban J connectivity index is 2.15. The normalized spacial score (nSPS) is 10.0. The predicted molar refractivity (Wildman–Crippen MR) is 50.5 cm³/mol. The molecule has 12 heavy (non-hydrogen) atoms. The van der Waals surface area contributed by atoms with Crippen molar-refractivity contribution in [1.82, 2.24) is 9.97 Å². The molecule has 0 aromatic carbocycles. The van der Waals surface area contributed by atoms with Gasteiger partial charge in [-0.1, -0.05) is 17.8 Å². The van der Waals surface area contributed by atoms with Crippen molar-refractivity contribution in [2.24, 2.45) is 0 Å². The van der Waals surface area contributed by atoms with Crippen LogP contribution in [0.3, 0.4) is 0 Å². The summed E-state index contributed by atoms with van der Waals surface area (Å²) in [7, 11) is 0. The van der Waals surface area contributed by atoms with E-state index in [1.807, 2.05) is 29.9 Å². The fourth-order valence-electron chi connectivity index (χ4n) is 0.765. The molecule has 2 heterocycles. The Bertz CT molecular complexity index is 331. The lowest BCUT2D eigenvalue weighted by atomic mass is 10.5. The molecule has 0 saturated carbocycles. The molecule has 0 aliphatic heterocycles. The Hall–Kier alpha value is -0.870. The number of rotatable bonds is 2. The van der Waals surface area contributed by atoms with Crippen LogP contribution in [-0.4, -0.2) is 9.97 Å². The molecule has 2 rings (SSSR count). The summed E-state index contributed by atoms with van der Waals surface area (Å²) in [5.41, 5.74) is 1.82. The minimum Gasteiger partial charge on any atom is -0.252 e. The lowest BCUT2D eigenvalue weighted by molar-refractivity contribution is 1.13. The lowest BCUT2D eigenvalue weighted by Gasteiger charge is -1.93. The van der Waals surface area contributed by atoms with Crippen LogP contribution in [0.5, 0.6) is 0 Å². The van der Waals surface area contributed by atoms with Crippen molar-refractivity contribution in [1.29, 1.82) is 0 Å². The number of hydrogen-bond donors (Lipinski definition) is 0. The van der Waals surface area contributed by atoms with E-state index < -0.39 is 0 Å². The quantitative estimate of drug-likeness (QED) is 0.735. The van der Waals surface area contributed by atoms with E-state index in [9.17, 15) is 0 Å². The molecule has 0 aliphatic rings. The molecule has 0 N–H and O–H groups in total. The highest BCUT2D eigenvalue weighted by molar-refractivity contribution is 8.01. The predicted octanol–water partition coefficient (Wildman–Crippen LogP) is 2.69. The van der Waals surface area contributed by atoms with Crippen LogP contribution < -0.4 is 0 Å². The van der Waals surface area contributed by atoms with Gasteiger partial charge in [0, 0.05) is 6.20 Å². The second kappa shape index (κ2) is 3.69. The van der Waals surface area contributed by atoms with Crippen LogP contribution >= 0.6 is 23.1 Å². The molecule has 4 heteroatoms. The molecule has 2 aromatic heterocycles. The Morgan fingerprint density at radius 2 is 2.33 bits per heavy atom. The van der Waals surface area contributed by atoms with Gasteiger partial charge < -0.3 is 0 Å². The van der Waals surface area contributed by atoms with Gasteiger partial charge in [-0.2, -0.15) is 0 Å². The number of pyridine rings is 1. The molecule has 0 atom stereocenters. The molecule has 60 valence electrons. The van der Waals surface area contributed by atoms with Crippen LogP contribution in [0.15, 0.2) is 45.3 Å². The minimum absolute atomic E-state index is 1.02. The number of aromatic nitrogens is 2. The van der Waals surface area contributed by atoms with Gasteiger partial charge in [0.1, 0.15) is 5.03 Å². The van der Waals surface area contributed by atoms with Gasteiger partial charge in [0.2, 0.25) is 0 Å². The summed E-state index contributed by atoms with van der Waals surface area (Å²) < 4.78 is 1.17. The fraction of sp³-hybridized carbons (Fsp3) is 0. The van der Waals surface area contributed by atoms with Gasteiger partial charge in [-0.05, 0) is 12.1 Å². The van der Waals surface area contributed by atoms with E-state index in [0.717, 1.165) is 5.03 Å². The van der Waals surface area contributed by atoms with E-state index in [-0.39, 0.29) is 0 Å². The Kier molecular flexibility index (Phi) is 2.39. The molecule has 0 bridgehead atoms. The maximum Gasteiger partial charge on any atom is 0.102 e. The van der Waals surface area contributed by atoms with Crippen LogP contribution in [0.25, 0.3) is 0 Å². The Labute approximate surface area is 78.7 Å². The van der Waals surface area contributed by atoms with Crippen LogP contribution in [0.4, 0.5) is 0 Å². The molecular weight excluding hydrogens is 188 g/mol. The molecule has 0 radical (unpaired) electrons. The third kappa shape index (κ3) is 1.84. The van der Waals surface area contributed by atoms with E-state index >= 15 is 0 Å². The summed E-state index contributed by atoms with van der Waals surface area (Å²) in [6.45, 7) is 0. The van der Waals surface area contributed by atoms with E-state index in [2.05, 4.69) is 9.97 Å². The second-order valence-corrected chi connectivity index (χ2v) is 4.30. The van der Waals surface area contributed by atoms with Crippen molar-refractivity contribution in [2.45, 2.75) is 9.24 Å². The van der Waals surface area contributed by atoms with E-state index in [4.69, 9.17) is 0 Å². The monoisotopic (exact) mass is 194 g/mol. The van der Waals surface area contributed by atoms with Gasteiger partial charge in [-0.25, -0.2) is 4.98 Å². The molecule has 2 aromatic rings. The number of thiazole rings is 1. The SMILES string of the molecule is c1ccc(Sc2cncs2)nc1. The van der Waals surface area contributed by atoms with E-state index in [0.29, 0.717) is 0 Å². The largest absolute Gasteiger partial charge is 0.252 e. The average Bonchev–Trinajstić information content (AvgIpc) is 2.59. The molecule has 0 fully saturated rings. The summed E-state index contributed by atoms with van der Waals surface area (Å²) in [5.74, 6) is 0. The minimum atomic E-state index is 1.02. The van der Waals surface area contributed by atoms with Gasteiger partial charge in [-0.15, -0.1) is 11.3 Å². The van der Waals surface area contributed by atoms with Gasteiger partial charge in [-0.3, -0.25) is 4.98 Å². The Morgan fingerprint density at radius 1 is 1.33 bits per heavy atom. The summed E-state index contributed by atoms with van der Waals surface area (Å²) in [4.78, 5) is 8.18. The fourth-order valence-corrected chi connectivity index (χ4v) is 2.27. The number of hydrogen-bond acceptors (Lipinski definition) is 4. The maximum absolute atomic E-state index is 4.20. The summed E-state index contributed by atoms with van der Waals surface area (Å²) >= 11 is 3.27. The first-order chi connectivity index (χ1) is 5.95. The highest BCUT2D eigenvalue weighted by Gasteiger charge is 1.97. The smallest absolute Gasteiger partial charge is 0.102 e. The second-order valence-electron chi connectivity index (χ2n) is 2.09. The first-order valence-electron chi connectivity index (χ1n) is 3.42. The zero-order valence-corrected chi connectivity index (χ0v) is 7.81. The van der Waals surface area contributed by atoms with Crippen LogP contribution in [0.2, 0.25) is 0 Å². The standard InChI is InChI=1S/C8H6N2S2/c1-2-4-10-7(3-1)12-8-5-9-6-11-8/h1-6H. The van der Waals surface area contributed by atoms with Gasteiger partial charge in [0.25, 0.3) is 0 Å². The zero-order valence-electron chi connectivity index (χ0n) is 6.18. The third-order valence-corrected chi connectivity index (χ3v) is 3.11. The van der Waals surface area contributed by atoms with Crippen molar-refractivity contribution in [3.8, 4) is 0 Å². The highest BCUT2D eigenvalue weighted by Crippen LogP contribution is 2.27. The molecule has 0 saturated heterocycles. The van der Waals surface area contributed by atoms with Gasteiger partial charge >= 0.3 is 0 Å². The lowest BCUT2D eigenvalue weighted by Crippen LogP contribution is -1.73. The molecular formula is C8H6N2S2. The summed E-state index contributed by atoms with van der Waals surface area (Å²) in [5, 5.41) is 1.02. The van der Waals surface area contributed by atoms with Gasteiger partial charge in [0.05, 0.1) is 15.9 Å². The van der Waals surface area contributed by atoms with Crippen molar-refractivity contribution in [3.05, 3.63) is 36.1 Å². The molecule has 2 nitrogen and oxygen atoms in total. The molecule has 0 spiro atoms. The van der Waals surface area contributed by atoms with Crippen LogP contribution in [-0.2, 0) is 0 Å². The molecule has 0 unspecified atom stereocenters. The third-order valence-electron chi connectivity index (χ3n) is 1.25. The average molecular weight is 194 g/mol. The molecule has 0 amide bonds. The van der Waals surface area contributed by atoms with Gasteiger partial charge in [0.15, 0.2) is 0 Å². The van der Waals surface area contributed by atoms with E-state index in [1.54, 1.807) is 29.3 Å². The number of nitrogens with zero attached hydrogens (tertiary/aromatic N) is 2. The first kappa shape index (κ1) is 7.76. The van der Waals surface area contributed by atoms with Crippen molar-refractivity contribution in [2.75, 3.05) is 0 Å². The van der Waals surface area contributed by atoms with E-state index in [1.165, 1.54) is 4.21 Å². The van der Waals surface area contributed by atoms with Crippen LogP contribution in [0, 0.1) is 0 Å². The maximum atomic E-state index is 4.20. The van der Waals surface area contributed by atoms with Crippen LogP contribution in [0.1, 0.15) is 0 Å². The van der Waals surface area contributed by atoms with Crippen molar-refractivity contribution in [3.63, 3.8) is 0 Å². The summed E-state index contributed by atoms with van der Waals surface area (Å²) in [6.07, 6.45) is 3.65. The summed E-state index contributed by atoms with van der Waals surface area (Å²) in [6, 6.07) is 5.89. The van der Waals surface area contributed by atoms with Crippen molar-refractivity contribution >= 4 is 23.1 Å². The Morgan fingerprint density at radius 3 is 3.00 bits per heavy atom. The topological polar surface area (TPSA) is 25.8 Å².